The fourth-order valence-electron chi connectivity index (χ4n) is 10.3. The number of aromatic hydroxyl groups is 1. The van der Waals surface area contributed by atoms with E-state index >= 15 is 0 Å². The molecule has 1 aliphatic heterocycles. The Hall–Kier alpha value is -9.73. The summed E-state index contributed by atoms with van der Waals surface area (Å²) in [4.78, 5) is 189. The molecule has 10 atom stereocenters. The number of nitrogens with two attached hydrogens (primary N) is 2. The van der Waals surface area contributed by atoms with Crippen LogP contribution in [0.25, 0.3) is 0 Å². The third-order valence-corrected chi connectivity index (χ3v) is 16.2. The summed E-state index contributed by atoms with van der Waals surface area (Å²) in [5.74, 6) is -15.0. The van der Waals surface area contributed by atoms with Crippen LogP contribution in [0.15, 0.2) is 84.9 Å². The molecule has 536 valence electrons. The van der Waals surface area contributed by atoms with Crippen LogP contribution >= 0.6 is 11.8 Å². The number of carbonyl (C=O) groups excluding carboxylic acids is 11. The van der Waals surface area contributed by atoms with Crippen LogP contribution in [0.2, 0.25) is 0 Å². The fraction of sp³-hybridized carbons (Fsp3) is 0.508. The zero-order chi connectivity index (χ0) is 72.4. The number of likely N-dealkylation sites (tertiary alicyclic amines) is 1. The average Bonchev–Trinajstić information content (AvgIpc) is 1.55. The number of carbonyl (C=O) groups is 14. The molecule has 98 heavy (non-hydrogen) atoms. The molecule has 1 aliphatic rings. The predicted octanol–water partition coefficient (Wildman–Crippen LogP) is -2.81. The van der Waals surface area contributed by atoms with Crippen molar-refractivity contribution in [3.05, 3.63) is 102 Å². The number of phenols is 1. The number of carboxylic acid groups (broad SMARTS) is 3. The lowest BCUT2D eigenvalue weighted by Crippen LogP contribution is -2.60. The molecule has 1 heterocycles. The van der Waals surface area contributed by atoms with E-state index in [-0.39, 0.29) is 56.7 Å². The Morgan fingerprint density at radius 1 is 0.531 bits per heavy atom. The van der Waals surface area contributed by atoms with Crippen LogP contribution < -0.4 is 64.6 Å². The van der Waals surface area contributed by atoms with Crippen molar-refractivity contribution in [3.63, 3.8) is 0 Å². The van der Waals surface area contributed by atoms with E-state index in [1.165, 1.54) is 40.9 Å². The summed E-state index contributed by atoms with van der Waals surface area (Å²) in [7, 11) is 0. The average molecular weight is 1390 g/mol. The van der Waals surface area contributed by atoms with Gasteiger partial charge in [0.05, 0.1) is 32.2 Å². The number of aliphatic hydroxyl groups is 1. The number of aliphatic hydroxyl groups excluding tert-OH is 1. The molecule has 0 bridgehead atoms. The molecule has 0 saturated carbocycles. The van der Waals surface area contributed by atoms with Crippen LogP contribution in [-0.2, 0) is 86.4 Å². The van der Waals surface area contributed by atoms with Crippen LogP contribution in [0.5, 0.6) is 5.75 Å². The maximum atomic E-state index is 14.6. The molecule has 3 aromatic carbocycles. The highest BCUT2D eigenvalue weighted by atomic mass is 32.2. The molecule has 0 spiro atoms. The second-order valence-corrected chi connectivity index (χ2v) is 24.8. The number of unbranched alkanes of at least 4 members (excludes halogenated alkanes) is 1. The van der Waals surface area contributed by atoms with Crippen molar-refractivity contribution >= 4 is 94.6 Å². The summed E-state index contributed by atoms with van der Waals surface area (Å²) in [5.41, 5.74) is 12.9. The van der Waals surface area contributed by atoms with E-state index in [1.54, 1.807) is 80.8 Å². The van der Waals surface area contributed by atoms with Gasteiger partial charge in [-0.2, -0.15) is 11.8 Å². The highest BCUT2D eigenvalue weighted by molar-refractivity contribution is 7.98. The van der Waals surface area contributed by atoms with Crippen molar-refractivity contribution in [3.8, 4) is 5.75 Å². The summed E-state index contributed by atoms with van der Waals surface area (Å²) in [5, 5.41) is 74.2. The Balaban J connectivity index is 1.54. The molecule has 0 aliphatic carbocycles. The summed E-state index contributed by atoms with van der Waals surface area (Å²) < 4.78 is 0. The first kappa shape index (κ1) is 80.7. The summed E-state index contributed by atoms with van der Waals surface area (Å²) >= 11 is 1.35. The maximum Gasteiger partial charge on any atom is 0.326 e. The standard InChI is InChI=1S/C65H91N13O19S/c1-37(2)29-45(59(90)72-44(25-28-98-3)64(95)78-27-12-18-51(78)65(96)97)73-62(93)49(33-55(85)86)76-58(89)43(23-24-54(83)84)70-52(81)35-69-57(88)46(30-38-13-6-4-7-14-38)74-61(92)48(32-40-19-21-41(80)22-20-40)75-63(94)50(36-79)77-60(91)47(31-39-15-8-5-9-16-39)71-53(82)34-68-56(87)42(67)17-10-11-26-66/h4-9,13-16,19-22,37,42-51,79-80H,10-12,17-18,23-36,66-67H2,1-3H3,(H,68,87)(H,69,88)(H,70,81)(H,71,82)(H,72,90)(H,73,93)(H,74,92)(H,75,94)(H,76,89)(H,77,91)(H,83,84)(H,85,86)(H,96,97)/t42-,43-,44-,45-,46-,47-,48-,49-,50-,51-/m0/s1. The SMILES string of the molecule is CSCC[C@H](NC(=O)[C@H](CC(C)C)NC(=O)[C@H](CC(=O)O)NC(=O)[C@H](CCC(=O)O)NC(=O)CNC(=O)[C@H](Cc1ccccc1)NC(=O)[C@H](Cc1ccc(O)cc1)NC(=O)[C@H](CO)NC(=O)[C@H](Cc1ccccc1)NC(=O)CNC(=O)[C@@H](N)CCCCN)C(=O)N1CCC[C@H]1C(=O)O. The number of amides is 11. The monoisotopic (exact) mass is 1390 g/mol. The molecule has 0 aromatic heterocycles. The summed E-state index contributed by atoms with van der Waals surface area (Å²) in [6, 6.07) is 7.15. The highest BCUT2D eigenvalue weighted by Gasteiger charge is 2.40. The van der Waals surface area contributed by atoms with E-state index < -0.39 is 182 Å². The number of phenolic OH excluding ortho intramolecular Hbond substituents is 1. The van der Waals surface area contributed by atoms with Crippen molar-refractivity contribution in [1.29, 1.82) is 0 Å². The lowest BCUT2D eigenvalue weighted by atomic mass is 10.0. The molecule has 0 radical (unpaired) electrons. The van der Waals surface area contributed by atoms with Gasteiger partial charge < -0.3 is 95.1 Å². The number of thioether (sulfide) groups is 1. The van der Waals surface area contributed by atoms with Crippen molar-refractivity contribution in [2.75, 3.05) is 44.8 Å². The molecule has 11 amide bonds. The quantitative estimate of drug-likeness (QED) is 0.0254. The molecular weight excluding hydrogens is 1300 g/mol. The van der Waals surface area contributed by atoms with Gasteiger partial charge in [-0.3, -0.25) is 62.3 Å². The van der Waals surface area contributed by atoms with Crippen LogP contribution in [-0.4, -0.2) is 219 Å². The first-order valence-electron chi connectivity index (χ1n) is 32.0. The Kier molecular flexibility index (Phi) is 34.6. The van der Waals surface area contributed by atoms with Gasteiger partial charge in [-0.1, -0.05) is 93.1 Å². The van der Waals surface area contributed by atoms with Gasteiger partial charge in [0.1, 0.15) is 60.1 Å². The van der Waals surface area contributed by atoms with Crippen LogP contribution in [0, 0.1) is 5.92 Å². The van der Waals surface area contributed by atoms with Gasteiger partial charge in [0.15, 0.2) is 0 Å². The van der Waals surface area contributed by atoms with Gasteiger partial charge in [0, 0.05) is 32.2 Å². The smallest absolute Gasteiger partial charge is 0.326 e. The van der Waals surface area contributed by atoms with Crippen molar-refractivity contribution < 1.29 is 92.7 Å². The van der Waals surface area contributed by atoms with Crippen molar-refractivity contribution in [1.82, 2.24) is 58.1 Å². The van der Waals surface area contributed by atoms with Gasteiger partial charge >= 0.3 is 17.9 Å². The highest BCUT2D eigenvalue weighted by Crippen LogP contribution is 2.21. The van der Waals surface area contributed by atoms with E-state index in [9.17, 15) is 92.7 Å². The molecule has 1 fully saturated rings. The number of carboxylic acids is 3. The van der Waals surface area contributed by atoms with E-state index in [0.717, 1.165) is 0 Å². The Morgan fingerprint density at radius 2 is 0.990 bits per heavy atom. The molecule has 4 rings (SSSR count). The number of benzene rings is 3. The largest absolute Gasteiger partial charge is 0.508 e. The molecule has 33 heteroatoms. The number of rotatable bonds is 43. The van der Waals surface area contributed by atoms with Gasteiger partial charge in [-0.05, 0) is 98.2 Å². The Morgan fingerprint density at radius 3 is 1.51 bits per heavy atom. The molecule has 19 N–H and O–H groups in total. The van der Waals surface area contributed by atoms with Gasteiger partial charge in [0.25, 0.3) is 0 Å². The topological polar surface area (TPSA) is 516 Å². The second-order valence-electron chi connectivity index (χ2n) is 23.8. The maximum absolute atomic E-state index is 14.6. The molecule has 3 aromatic rings. The second kappa shape index (κ2) is 42.1. The molecule has 32 nitrogen and oxygen atoms in total. The third-order valence-electron chi connectivity index (χ3n) is 15.5. The zero-order valence-electron chi connectivity index (χ0n) is 54.8. The third kappa shape index (κ3) is 28.5. The van der Waals surface area contributed by atoms with E-state index in [0.29, 0.717) is 54.7 Å². The van der Waals surface area contributed by atoms with Crippen LogP contribution in [0.1, 0.15) is 94.7 Å². The number of hydrogen-bond donors (Lipinski definition) is 17. The van der Waals surface area contributed by atoms with Crippen molar-refractivity contribution in [2.45, 2.75) is 158 Å². The Labute approximate surface area is 570 Å². The summed E-state index contributed by atoms with van der Waals surface area (Å²) in [6.07, 6.45) is 0.666. The minimum atomic E-state index is -1.97. The molecule has 1 saturated heterocycles. The van der Waals surface area contributed by atoms with Crippen LogP contribution in [0.4, 0.5) is 0 Å². The van der Waals surface area contributed by atoms with E-state index in [4.69, 9.17) is 11.5 Å². The number of aliphatic carboxylic acids is 3. The number of hydrogen-bond acceptors (Lipinski definition) is 19. The van der Waals surface area contributed by atoms with Gasteiger partial charge in [0.2, 0.25) is 65.0 Å². The lowest BCUT2D eigenvalue weighted by molar-refractivity contribution is -0.149. The normalized spacial score (nSPS) is 15.3. The zero-order valence-corrected chi connectivity index (χ0v) is 55.6. The fourth-order valence-corrected chi connectivity index (χ4v) is 10.8. The van der Waals surface area contributed by atoms with E-state index in [1.807, 2.05) is 0 Å². The van der Waals surface area contributed by atoms with Crippen molar-refractivity contribution in [2.24, 2.45) is 17.4 Å². The van der Waals surface area contributed by atoms with Gasteiger partial charge in [-0.15, -0.1) is 0 Å². The molecule has 0 unspecified atom stereocenters. The first-order valence-corrected chi connectivity index (χ1v) is 33.4. The van der Waals surface area contributed by atoms with E-state index in [2.05, 4.69) is 53.2 Å². The minimum Gasteiger partial charge on any atom is -0.508 e. The van der Waals surface area contributed by atoms with Crippen LogP contribution in [0.3, 0.4) is 0 Å². The minimum absolute atomic E-state index is 0.0701. The predicted molar refractivity (Wildman–Crippen MR) is 355 cm³/mol. The number of nitrogens with one attached hydrogen (secondary N) is 10. The van der Waals surface area contributed by atoms with Gasteiger partial charge in [-0.25, -0.2) is 4.79 Å². The Bertz CT molecular complexity index is 3210. The number of nitrogens with zero attached hydrogens (tertiary/aromatic N) is 1. The lowest BCUT2D eigenvalue weighted by Gasteiger charge is -2.29. The molecular formula is C65H91N13O19S. The first-order chi connectivity index (χ1) is 46.6. The summed E-state index contributed by atoms with van der Waals surface area (Å²) in [6.45, 7) is 1.36.